The highest BCUT2D eigenvalue weighted by atomic mass is 127. The first kappa shape index (κ1) is 20.8. The Morgan fingerprint density at radius 1 is 1.42 bits per heavy atom. The molecule has 1 aliphatic rings. The zero-order valence-electron chi connectivity index (χ0n) is 13.7. The Hall–Kier alpha value is -1.27. The van der Waals surface area contributed by atoms with Gasteiger partial charge in [0.05, 0.1) is 24.1 Å². The molecule has 1 aromatic rings. The van der Waals surface area contributed by atoms with E-state index < -0.39 is 9.84 Å². The molecular formula is C17H24IN3O2S. The fourth-order valence-corrected chi connectivity index (χ4v) is 4.40. The molecule has 0 amide bonds. The van der Waals surface area contributed by atoms with Crippen LogP contribution in [-0.2, 0) is 9.84 Å². The molecule has 0 bridgehead atoms. The molecule has 2 unspecified atom stereocenters. The van der Waals surface area contributed by atoms with Crippen molar-refractivity contribution in [1.29, 1.82) is 0 Å². The molecule has 5 nitrogen and oxygen atoms in total. The summed E-state index contributed by atoms with van der Waals surface area (Å²) in [6.45, 7) is 2.90. The summed E-state index contributed by atoms with van der Waals surface area (Å²) in [5, 5.41) is 6.37. The molecular weight excluding hydrogens is 437 g/mol. The minimum absolute atomic E-state index is 0. The van der Waals surface area contributed by atoms with Gasteiger partial charge >= 0.3 is 0 Å². The van der Waals surface area contributed by atoms with Gasteiger partial charge in [-0.2, -0.15) is 0 Å². The van der Waals surface area contributed by atoms with Crippen LogP contribution < -0.4 is 10.6 Å². The molecule has 24 heavy (non-hydrogen) atoms. The number of terminal acetylenes is 1. The molecule has 2 atom stereocenters. The number of nitrogens with one attached hydrogen (secondary N) is 2. The molecule has 1 fully saturated rings. The molecule has 2 rings (SSSR count). The lowest BCUT2D eigenvalue weighted by atomic mass is 10.1. The molecule has 1 heterocycles. The molecule has 0 aromatic heterocycles. The summed E-state index contributed by atoms with van der Waals surface area (Å²) in [4.78, 5) is 4.51. The van der Waals surface area contributed by atoms with Gasteiger partial charge in [0.15, 0.2) is 15.8 Å². The van der Waals surface area contributed by atoms with Crippen LogP contribution in [0.15, 0.2) is 35.3 Å². The fraction of sp³-hybridized carbons (Fsp3) is 0.471. The molecule has 0 saturated carbocycles. The first-order valence-electron chi connectivity index (χ1n) is 7.74. The first-order valence-corrected chi connectivity index (χ1v) is 9.56. The maximum Gasteiger partial charge on any atom is 0.192 e. The molecule has 0 aliphatic carbocycles. The van der Waals surface area contributed by atoms with Crippen LogP contribution in [0, 0.1) is 18.3 Å². The molecule has 0 radical (unpaired) electrons. The van der Waals surface area contributed by atoms with Crippen molar-refractivity contribution < 1.29 is 8.42 Å². The lowest BCUT2D eigenvalue weighted by Crippen LogP contribution is -2.39. The van der Waals surface area contributed by atoms with Crippen molar-refractivity contribution in [3.8, 4) is 12.3 Å². The lowest BCUT2D eigenvalue weighted by Gasteiger charge is -2.18. The van der Waals surface area contributed by atoms with Crippen LogP contribution in [0.5, 0.6) is 0 Å². The van der Waals surface area contributed by atoms with Crippen molar-refractivity contribution in [1.82, 2.24) is 10.6 Å². The van der Waals surface area contributed by atoms with Crippen LogP contribution in [0.3, 0.4) is 0 Å². The second-order valence-electron chi connectivity index (χ2n) is 5.79. The Morgan fingerprint density at radius 3 is 2.71 bits per heavy atom. The predicted octanol–water partition coefficient (Wildman–Crippen LogP) is 1.97. The molecule has 0 spiro atoms. The van der Waals surface area contributed by atoms with E-state index in [-0.39, 0.29) is 47.4 Å². The molecule has 7 heteroatoms. The average Bonchev–Trinajstić information content (AvgIpc) is 2.90. The van der Waals surface area contributed by atoms with Crippen LogP contribution in [-0.4, -0.2) is 39.0 Å². The number of benzene rings is 1. The van der Waals surface area contributed by atoms with Crippen molar-refractivity contribution in [2.24, 2.45) is 10.9 Å². The number of hydrogen-bond donors (Lipinski definition) is 2. The van der Waals surface area contributed by atoms with Crippen molar-refractivity contribution >= 4 is 39.8 Å². The van der Waals surface area contributed by atoms with Gasteiger partial charge in [-0.3, -0.25) is 4.99 Å². The lowest BCUT2D eigenvalue weighted by molar-refractivity contribution is 0.588. The van der Waals surface area contributed by atoms with Crippen molar-refractivity contribution in [2.75, 3.05) is 24.6 Å². The predicted molar refractivity (Wildman–Crippen MR) is 109 cm³/mol. The second-order valence-corrected chi connectivity index (χ2v) is 8.02. The summed E-state index contributed by atoms with van der Waals surface area (Å²) in [6, 6.07) is 10.1. The summed E-state index contributed by atoms with van der Waals surface area (Å²) >= 11 is 0. The summed E-state index contributed by atoms with van der Waals surface area (Å²) in [5.41, 5.74) is 1.14. The Bertz CT molecular complexity index is 684. The zero-order valence-corrected chi connectivity index (χ0v) is 16.9. The quantitative estimate of drug-likeness (QED) is 0.305. The number of guanidine groups is 1. The number of hydrogen-bond acceptors (Lipinski definition) is 3. The summed E-state index contributed by atoms with van der Waals surface area (Å²) in [5.74, 6) is 3.73. The highest BCUT2D eigenvalue weighted by Gasteiger charge is 2.27. The van der Waals surface area contributed by atoms with Crippen LogP contribution in [0.25, 0.3) is 0 Å². The standard InChI is InChI=1S/C17H23N3O2S.HI/c1-3-10-18-17(19-12-15-9-11-23(21,22)13-15)20-14(2)16-7-5-4-6-8-16;/h1,4-8,14-15H,9-13H2,2H3,(H2,18,19,20);1H. The largest absolute Gasteiger partial charge is 0.350 e. The smallest absolute Gasteiger partial charge is 0.192 e. The molecule has 1 aromatic carbocycles. The third-order valence-corrected chi connectivity index (χ3v) is 5.68. The van der Waals surface area contributed by atoms with Gasteiger partial charge in [-0.25, -0.2) is 8.42 Å². The zero-order chi connectivity index (χ0) is 16.7. The third-order valence-electron chi connectivity index (χ3n) is 3.85. The number of aliphatic imine (C=N–C) groups is 1. The highest BCUT2D eigenvalue weighted by molar-refractivity contribution is 14.0. The molecule has 1 saturated heterocycles. The summed E-state index contributed by atoms with van der Waals surface area (Å²) in [6.07, 6.45) is 5.98. The molecule has 2 N–H and O–H groups in total. The topological polar surface area (TPSA) is 70.6 Å². The van der Waals surface area contributed by atoms with Gasteiger partial charge in [0.25, 0.3) is 0 Å². The minimum Gasteiger partial charge on any atom is -0.350 e. The van der Waals surface area contributed by atoms with Crippen LogP contribution in [0.2, 0.25) is 0 Å². The van der Waals surface area contributed by atoms with Crippen molar-refractivity contribution in [3.63, 3.8) is 0 Å². The fourth-order valence-electron chi connectivity index (χ4n) is 2.55. The van der Waals surface area contributed by atoms with Gasteiger partial charge in [0.1, 0.15) is 0 Å². The van der Waals surface area contributed by atoms with Gasteiger partial charge in [-0.15, -0.1) is 30.4 Å². The number of sulfone groups is 1. The second kappa shape index (κ2) is 9.89. The summed E-state index contributed by atoms with van der Waals surface area (Å²) < 4.78 is 23.0. The van der Waals surface area contributed by atoms with E-state index in [1.165, 1.54) is 0 Å². The van der Waals surface area contributed by atoms with Crippen LogP contribution >= 0.6 is 24.0 Å². The van der Waals surface area contributed by atoms with E-state index >= 15 is 0 Å². The van der Waals surface area contributed by atoms with Crippen molar-refractivity contribution in [2.45, 2.75) is 19.4 Å². The average molecular weight is 461 g/mol. The Kier molecular flexibility index (Phi) is 8.56. The van der Waals surface area contributed by atoms with E-state index in [0.29, 0.717) is 25.5 Å². The Morgan fingerprint density at radius 2 is 2.12 bits per heavy atom. The van der Waals surface area contributed by atoms with Gasteiger partial charge in [-0.1, -0.05) is 36.3 Å². The number of nitrogens with zero attached hydrogens (tertiary/aromatic N) is 1. The Balaban J connectivity index is 0.00000288. The normalized spacial score (nSPS) is 20.5. The van der Waals surface area contributed by atoms with Gasteiger partial charge < -0.3 is 10.6 Å². The van der Waals surface area contributed by atoms with E-state index in [1.807, 2.05) is 37.3 Å². The van der Waals surface area contributed by atoms with E-state index in [4.69, 9.17) is 6.42 Å². The molecule has 1 aliphatic heterocycles. The first-order chi connectivity index (χ1) is 11.0. The van der Waals surface area contributed by atoms with Gasteiger partial charge in [0, 0.05) is 6.54 Å². The Labute approximate surface area is 161 Å². The maximum absolute atomic E-state index is 11.5. The van der Waals surface area contributed by atoms with Crippen molar-refractivity contribution in [3.05, 3.63) is 35.9 Å². The van der Waals surface area contributed by atoms with E-state index in [2.05, 4.69) is 21.5 Å². The van der Waals surface area contributed by atoms with E-state index in [9.17, 15) is 8.42 Å². The minimum atomic E-state index is -2.87. The monoisotopic (exact) mass is 461 g/mol. The van der Waals surface area contributed by atoms with E-state index in [1.54, 1.807) is 0 Å². The number of halogens is 1. The van der Waals surface area contributed by atoms with Gasteiger partial charge in [0.2, 0.25) is 0 Å². The molecule has 132 valence electrons. The maximum atomic E-state index is 11.5. The summed E-state index contributed by atoms with van der Waals surface area (Å²) in [7, 11) is -2.87. The SMILES string of the molecule is C#CCNC(=NCC1CCS(=O)(=O)C1)NC(C)c1ccccc1.I. The third kappa shape index (κ3) is 6.69. The highest BCUT2D eigenvalue weighted by Crippen LogP contribution is 2.18. The van der Waals surface area contributed by atoms with Gasteiger partial charge in [-0.05, 0) is 24.8 Å². The van der Waals surface area contributed by atoms with Crippen LogP contribution in [0.4, 0.5) is 0 Å². The number of rotatable bonds is 5. The van der Waals surface area contributed by atoms with E-state index in [0.717, 1.165) is 5.56 Å². The van der Waals surface area contributed by atoms with Crippen LogP contribution in [0.1, 0.15) is 24.9 Å².